The molecule has 0 aliphatic rings. The van der Waals surface area contributed by atoms with Gasteiger partial charge in [-0.25, -0.2) is 4.79 Å². The minimum Gasteiger partial charge on any atom is -0.335 e. The van der Waals surface area contributed by atoms with Crippen LogP contribution in [0.15, 0.2) is 12.1 Å². The van der Waals surface area contributed by atoms with Gasteiger partial charge in [-0.05, 0) is 52.3 Å². The van der Waals surface area contributed by atoms with Crippen LogP contribution in [0.1, 0.15) is 37.0 Å². The summed E-state index contributed by atoms with van der Waals surface area (Å²) in [5.74, 6) is -0.664. The fourth-order valence-electron chi connectivity index (χ4n) is 2.63. The van der Waals surface area contributed by atoms with Gasteiger partial charge in [-0.15, -0.1) is 0 Å². The van der Waals surface area contributed by atoms with Gasteiger partial charge >= 0.3 is 6.03 Å². The van der Waals surface area contributed by atoms with Crippen molar-refractivity contribution < 1.29 is 14.4 Å². The molecule has 26 heavy (non-hydrogen) atoms. The molecule has 3 N–H and O–H groups in total. The van der Waals surface area contributed by atoms with Gasteiger partial charge in [-0.1, -0.05) is 24.6 Å². The molecule has 0 saturated carbocycles. The zero-order chi connectivity index (χ0) is 19.9. The third-order valence-corrected chi connectivity index (χ3v) is 4.01. The van der Waals surface area contributed by atoms with E-state index in [0.29, 0.717) is 0 Å². The van der Waals surface area contributed by atoms with Crippen LogP contribution in [0.4, 0.5) is 10.5 Å². The number of hydrogen-bond acceptors (Lipinski definition) is 4. The summed E-state index contributed by atoms with van der Waals surface area (Å²) in [6.45, 7) is 9.70. The molecule has 0 radical (unpaired) electrons. The second-order valence-electron chi connectivity index (χ2n) is 6.83. The number of nitrogens with zero attached hydrogens (tertiary/aromatic N) is 1. The van der Waals surface area contributed by atoms with Crippen molar-refractivity contribution in [1.82, 2.24) is 15.5 Å². The normalized spacial score (nSPS) is 11.8. The summed E-state index contributed by atoms with van der Waals surface area (Å²) in [4.78, 5) is 37.3. The largest absolute Gasteiger partial charge is 0.335 e. The molecule has 0 saturated heterocycles. The van der Waals surface area contributed by atoms with Crippen LogP contribution in [-0.4, -0.2) is 48.9 Å². The molecule has 0 fully saturated rings. The number of hydrogen-bond donors (Lipinski definition) is 3. The second-order valence-corrected chi connectivity index (χ2v) is 6.83. The van der Waals surface area contributed by atoms with E-state index in [1.807, 2.05) is 46.8 Å². The number of amides is 4. The quantitative estimate of drug-likeness (QED) is 0.693. The predicted molar refractivity (Wildman–Crippen MR) is 103 cm³/mol. The van der Waals surface area contributed by atoms with E-state index in [4.69, 9.17) is 0 Å². The number of carbonyl (C=O) groups excluding carboxylic acids is 3. The Morgan fingerprint density at radius 2 is 1.58 bits per heavy atom. The minimum atomic E-state index is -0.520. The SMILES string of the molecule is CC[C@@H](C)NC(=O)NC(=O)CN(C)CC(=O)Nc1c(C)cc(C)cc1C. The summed E-state index contributed by atoms with van der Waals surface area (Å²) >= 11 is 0. The van der Waals surface area contributed by atoms with Gasteiger partial charge in [0.15, 0.2) is 0 Å². The van der Waals surface area contributed by atoms with Crippen molar-refractivity contribution in [3.05, 3.63) is 28.8 Å². The highest BCUT2D eigenvalue weighted by Gasteiger charge is 2.15. The van der Waals surface area contributed by atoms with Crippen molar-refractivity contribution >= 4 is 23.5 Å². The maximum atomic E-state index is 12.2. The third-order valence-electron chi connectivity index (χ3n) is 4.01. The number of benzene rings is 1. The van der Waals surface area contributed by atoms with Crippen LogP contribution in [0.3, 0.4) is 0 Å². The molecule has 0 aliphatic carbocycles. The lowest BCUT2D eigenvalue weighted by Gasteiger charge is -2.18. The van der Waals surface area contributed by atoms with Crippen LogP contribution >= 0.6 is 0 Å². The number of urea groups is 1. The molecule has 0 heterocycles. The lowest BCUT2D eigenvalue weighted by molar-refractivity contribution is -0.122. The molecular weight excluding hydrogens is 332 g/mol. The molecule has 0 unspecified atom stereocenters. The van der Waals surface area contributed by atoms with Gasteiger partial charge in [-0.2, -0.15) is 0 Å². The van der Waals surface area contributed by atoms with Gasteiger partial charge in [0.2, 0.25) is 11.8 Å². The highest BCUT2D eigenvalue weighted by molar-refractivity contribution is 5.96. The zero-order valence-corrected chi connectivity index (χ0v) is 16.5. The Morgan fingerprint density at radius 3 is 2.12 bits per heavy atom. The van der Waals surface area contributed by atoms with Crippen LogP contribution in [0.2, 0.25) is 0 Å². The summed E-state index contributed by atoms with van der Waals surface area (Å²) in [7, 11) is 1.65. The van der Waals surface area contributed by atoms with Crippen LogP contribution in [-0.2, 0) is 9.59 Å². The van der Waals surface area contributed by atoms with Crippen molar-refractivity contribution in [2.75, 3.05) is 25.5 Å². The maximum absolute atomic E-state index is 12.2. The molecule has 7 heteroatoms. The molecule has 0 aromatic heterocycles. The summed E-state index contributed by atoms with van der Waals surface area (Å²) in [5, 5.41) is 7.81. The van der Waals surface area contributed by atoms with E-state index < -0.39 is 11.9 Å². The first kappa shape index (κ1) is 21.6. The molecule has 4 amide bonds. The average molecular weight is 362 g/mol. The number of imide groups is 1. The van der Waals surface area contributed by atoms with Crippen molar-refractivity contribution in [3.63, 3.8) is 0 Å². The molecule has 1 aromatic rings. The van der Waals surface area contributed by atoms with Gasteiger partial charge in [0.05, 0.1) is 13.1 Å². The van der Waals surface area contributed by atoms with Crippen molar-refractivity contribution in [2.24, 2.45) is 0 Å². The van der Waals surface area contributed by atoms with Crippen molar-refractivity contribution in [2.45, 2.75) is 47.1 Å². The Balaban J connectivity index is 2.50. The van der Waals surface area contributed by atoms with Gasteiger partial charge in [0, 0.05) is 11.7 Å². The van der Waals surface area contributed by atoms with Crippen LogP contribution in [0, 0.1) is 20.8 Å². The fourth-order valence-corrected chi connectivity index (χ4v) is 2.63. The number of carbonyl (C=O) groups is 3. The first-order chi connectivity index (χ1) is 12.1. The Morgan fingerprint density at radius 1 is 1.04 bits per heavy atom. The number of nitrogens with one attached hydrogen (secondary N) is 3. The van der Waals surface area contributed by atoms with Gasteiger partial charge in [0.25, 0.3) is 0 Å². The van der Waals surface area contributed by atoms with E-state index in [1.54, 1.807) is 11.9 Å². The average Bonchev–Trinajstić information content (AvgIpc) is 2.49. The van der Waals surface area contributed by atoms with Crippen LogP contribution in [0.25, 0.3) is 0 Å². The molecular formula is C19H30N4O3. The first-order valence-corrected chi connectivity index (χ1v) is 8.79. The monoisotopic (exact) mass is 362 g/mol. The number of aryl methyl sites for hydroxylation is 3. The van der Waals surface area contributed by atoms with E-state index in [-0.39, 0.29) is 25.0 Å². The summed E-state index contributed by atoms with van der Waals surface area (Å²) in [6, 6.07) is 3.49. The fraction of sp³-hybridized carbons (Fsp3) is 0.526. The van der Waals surface area contributed by atoms with E-state index in [2.05, 4.69) is 16.0 Å². The Hall–Kier alpha value is -2.41. The number of rotatable bonds is 7. The number of likely N-dealkylation sites (N-methyl/N-ethyl adjacent to an activating group) is 1. The molecule has 7 nitrogen and oxygen atoms in total. The summed E-state index contributed by atoms with van der Waals surface area (Å²) in [6.07, 6.45) is 0.777. The molecule has 144 valence electrons. The van der Waals surface area contributed by atoms with E-state index in [9.17, 15) is 14.4 Å². The van der Waals surface area contributed by atoms with Gasteiger partial charge in [-0.3, -0.25) is 19.8 Å². The molecule has 1 atom stereocenters. The molecule has 0 bridgehead atoms. The smallest absolute Gasteiger partial charge is 0.321 e. The van der Waals surface area contributed by atoms with Crippen molar-refractivity contribution in [1.29, 1.82) is 0 Å². The third kappa shape index (κ3) is 7.23. The lowest BCUT2D eigenvalue weighted by Crippen LogP contribution is -2.47. The molecule has 1 rings (SSSR count). The summed E-state index contributed by atoms with van der Waals surface area (Å²) in [5.41, 5.74) is 3.93. The minimum absolute atomic E-state index is 0.00713. The van der Waals surface area contributed by atoms with Gasteiger partial charge < -0.3 is 10.6 Å². The lowest BCUT2D eigenvalue weighted by atomic mass is 10.1. The molecule has 0 spiro atoms. The predicted octanol–water partition coefficient (Wildman–Crippen LogP) is 2.11. The second kappa shape index (κ2) is 9.91. The Labute approximate surface area is 155 Å². The first-order valence-electron chi connectivity index (χ1n) is 8.79. The standard InChI is InChI=1S/C19H30N4O3/c1-7-15(5)20-19(26)22-17(25)11-23(6)10-16(24)21-18-13(3)8-12(2)9-14(18)4/h8-9,15H,7,10-11H2,1-6H3,(H,21,24)(H2,20,22,25,26)/t15-/m1/s1. The molecule has 1 aromatic carbocycles. The van der Waals surface area contributed by atoms with Crippen LogP contribution < -0.4 is 16.0 Å². The topological polar surface area (TPSA) is 90.5 Å². The molecule has 0 aliphatic heterocycles. The highest BCUT2D eigenvalue weighted by atomic mass is 16.2. The Kier molecular flexibility index (Phi) is 8.25. The van der Waals surface area contributed by atoms with E-state index >= 15 is 0 Å². The van der Waals surface area contributed by atoms with Gasteiger partial charge in [0.1, 0.15) is 0 Å². The Bertz CT molecular complexity index is 650. The summed E-state index contributed by atoms with van der Waals surface area (Å²) < 4.78 is 0. The zero-order valence-electron chi connectivity index (χ0n) is 16.5. The van der Waals surface area contributed by atoms with Crippen LogP contribution in [0.5, 0.6) is 0 Å². The number of anilines is 1. The van der Waals surface area contributed by atoms with E-state index in [0.717, 1.165) is 28.8 Å². The van der Waals surface area contributed by atoms with E-state index in [1.165, 1.54) is 0 Å². The maximum Gasteiger partial charge on any atom is 0.321 e. The highest BCUT2D eigenvalue weighted by Crippen LogP contribution is 2.21. The van der Waals surface area contributed by atoms with Crippen molar-refractivity contribution in [3.8, 4) is 0 Å².